The van der Waals surface area contributed by atoms with Gasteiger partial charge in [0, 0.05) is 6.20 Å². The summed E-state index contributed by atoms with van der Waals surface area (Å²) >= 11 is 0. The van der Waals surface area contributed by atoms with Crippen molar-refractivity contribution in [2.24, 2.45) is 0 Å². The Morgan fingerprint density at radius 1 is 1.56 bits per heavy atom. The normalized spacial score (nSPS) is 35.9. The maximum Gasteiger partial charge on any atom is 0.353 e. The molecule has 1 aromatic heterocycles. The molecule has 6 N–H and O–H groups in total. The number of ether oxygens (including phenoxy) is 1. The fourth-order valence-electron chi connectivity index (χ4n) is 1.79. The van der Waals surface area contributed by atoms with Gasteiger partial charge in [-0.1, -0.05) is 0 Å². The van der Waals surface area contributed by atoms with Crippen molar-refractivity contribution in [3.63, 3.8) is 0 Å². The van der Waals surface area contributed by atoms with E-state index in [2.05, 4.69) is 4.98 Å². The Kier molecular flexibility index (Phi) is 3.09. The zero-order chi connectivity index (χ0) is 13.5. The molecule has 9 nitrogen and oxygen atoms in total. The van der Waals surface area contributed by atoms with E-state index >= 15 is 0 Å². The minimum atomic E-state index is -2.50. The van der Waals surface area contributed by atoms with Crippen LogP contribution in [-0.4, -0.2) is 54.9 Å². The second-order valence-corrected chi connectivity index (χ2v) is 3.94. The Labute approximate surface area is 101 Å². The van der Waals surface area contributed by atoms with Gasteiger partial charge in [0.1, 0.15) is 18.0 Å². The number of hydrogen-bond acceptors (Lipinski definition) is 8. The number of nitrogen functional groups attached to an aromatic ring is 1. The number of aromatic nitrogens is 2. The van der Waals surface area contributed by atoms with Crippen LogP contribution in [0.4, 0.5) is 5.82 Å². The molecule has 4 atom stereocenters. The average Bonchev–Trinajstić information content (AvgIpc) is 2.54. The van der Waals surface area contributed by atoms with E-state index in [0.717, 1.165) is 6.20 Å². The molecule has 100 valence electrons. The van der Waals surface area contributed by atoms with E-state index in [-0.39, 0.29) is 5.82 Å². The molecule has 1 fully saturated rings. The van der Waals surface area contributed by atoms with Gasteiger partial charge in [-0.2, -0.15) is 4.98 Å². The second-order valence-electron chi connectivity index (χ2n) is 3.94. The van der Waals surface area contributed by atoms with Gasteiger partial charge in [0.25, 0.3) is 5.91 Å². The molecule has 0 aliphatic carbocycles. The highest BCUT2D eigenvalue weighted by Gasteiger charge is 2.55. The molecule has 0 saturated carbocycles. The summed E-state index contributed by atoms with van der Waals surface area (Å²) in [6.45, 7) is -0.627. The van der Waals surface area contributed by atoms with Gasteiger partial charge in [0.2, 0.25) is 0 Å². The molecule has 1 aromatic rings. The molecule has 1 saturated heterocycles. The maximum atomic E-state index is 11.6. The molecule has 0 spiro atoms. The van der Waals surface area contributed by atoms with Gasteiger partial charge in [-0.3, -0.25) is 0 Å². The molecule has 9 heteroatoms. The lowest BCUT2D eigenvalue weighted by Crippen LogP contribution is -2.50. The highest BCUT2D eigenvalue weighted by Crippen LogP contribution is 2.32. The van der Waals surface area contributed by atoms with Crippen molar-refractivity contribution >= 4 is 5.82 Å². The Bertz CT molecular complexity index is 505. The Morgan fingerprint density at radius 3 is 2.72 bits per heavy atom. The molecule has 18 heavy (non-hydrogen) atoms. The van der Waals surface area contributed by atoms with Crippen LogP contribution in [0.2, 0.25) is 0 Å². The highest BCUT2D eigenvalue weighted by molar-refractivity contribution is 5.23. The van der Waals surface area contributed by atoms with E-state index in [1.54, 1.807) is 0 Å². The van der Waals surface area contributed by atoms with Crippen molar-refractivity contribution in [2.45, 2.75) is 24.2 Å². The van der Waals surface area contributed by atoms with Crippen LogP contribution in [0.15, 0.2) is 17.1 Å². The first kappa shape index (κ1) is 12.9. The molecular weight excluding hydrogens is 246 g/mol. The monoisotopic (exact) mass is 259 g/mol. The molecule has 0 aromatic carbocycles. The van der Waals surface area contributed by atoms with E-state index in [0.29, 0.717) is 4.57 Å². The molecule has 2 rings (SSSR count). The lowest BCUT2D eigenvalue weighted by Gasteiger charge is -2.27. The van der Waals surface area contributed by atoms with Crippen LogP contribution in [-0.2, 0) is 10.6 Å². The largest absolute Gasteiger partial charge is 0.394 e. The SMILES string of the molecule is Nc1ccn([C@@]2(O)O[C@H](CO)[C@@H](O)[C@@H]2O)c(=O)n1. The van der Waals surface area contributed by atoms with Crippen LogP contribution < -0.4 is 11.4 Å². The lowest BCUT2D eigenvalue weighted by molar-refractivity contribution is -0.291. The first-order chi connectivity index (χ1) is 8.40. The molecule has 0 amide bonds. The molecule has 0 radical (unpaired) electrons. The number of aliphatic hydroxyl groups is 4. The predicted molar refractivity (Wildman–Crippen MR) is 57.1 cm³/mol. The van der Waals surface area contributed by atoms with Crippen molar-refractivity contribution in [1.82, 2.24) is 9.55 Å². The third-order valence-electron chi connectivity index (χ3n) is 2.76. The topological polar surface area (TPSA) is 151 Å². The van der Waals surface area contributed by atoms with Gasteiger partial charge in [-0.05, 0) is 6.07 Å². The van der Waals surface area contributed by atoms with Crippen LogP contribution in [0.25, 0.3) is 0 Å². The summed E-state index contributed by atoms with van der Waals surface area (Å²) in [5.41, 5.74) is 4.33. The maximum absolute atomic E-state index is 11.6. The minimum Gasteiger partial charge on any atom is -0.394 e. The van der Waals surface area contributed by atoms with Crippen LogP contribution in [0.1, 0.15) is 0 Å². The van der Waals surface area contributed by atoms with E-state index in [4.69, 9.17) is 15.6 Å². The summed E-state index contributed by atoms with van der Waals surface area (Å²) < 4.78 is 5.51. The molecule has 0 unspecified atom stereocenters. The lowest BCUT2D eigenvalue weighted by atomic mass is 10.1. The average molecular weight is 259 g/mol. The smallest absolute Gasteiger partial charge is 0.353 e. The van der Waals surface area contributed by atoms with Gasteiger partial charge < -0.3 is 30.9 Å². The third kappa shape index (κ3) is 1.78. The number of nitrogens with zero attached hydrogens (tertiary/aromatic N) is 2. The van der Waals surface area contributed by atoms with Crippen molar-refractivity contribution in [1.29, 1.82) is 0 Å². The third-order valence-corrected chi connectivity index (χ3v) is 2.76. The van der Waals surface area contributed by atoms with Gasteiger partial charge in [0.05, 0.1) is 6.61 Å². The molecule has 1 aliphatic heterocycles. The predicted octanol–water partition coefficient (Wildman–Crippen LogP) is -3.46. The highest BCUT2D eigenvalue weighted by atomic mass is 16.7. The summed E-state index contributed by atoms with van der Waals surface area (Å²) in [6.07, 6.45) is -3.49. The minimum absolute atomic E-state index is 0.0633. The summed E-state index contributed by atoms with van der Waals surface area (Å²) in [5.74, 6) is -2.56. The first-order valence-corrected chi connectivity index (χ1v) is 5.13. The molecule has 0 bridgehead atoms. The number of aliphatic hydroxyl groups excluding tert-OH is 3. The summed E-state index contributed by atoms with van der Waals surface area (Å²) in [4.78, 5) is 14.9. The zero-order valence-corrected chi connectivity index (χ0v) is 9.17. The van der Waals surface area contributed by atoms with Gasteiger partial charge in [0.15, 0.2) is 6.10 Å². The van der Waals surface area contributed by atoms with E-state index in [1.165, 1.54) is 6.07 Å². The van der Waals surface area contributed by atoms with Gasteiger partial charge in [-0.25, -0.2) is 9.36 Å². The van der Waals surface area contributed by atoms with E-state index < -0.39 is 36.5 Å². The summed E-state index contributed by atoms with van der Waals surface area (Å²) in [5, 5.41) is 38.3. The Balaban J connectivity index is 2.46. The number of rotatable bonds is 2. The Hall–Kier alpha value is -1.52. The fraction of sp³-hybridized carbons (Fsp3) is 0.556. The molecular formula is C9H13N3O6. The quantitative estimate of drug-likeness (QED) is 0.367. The second kappa shape index (κ2) is 4.30. The summed E-state index contributed by atoms with van der Waals surface area (Å²) in [7, 11) is 0. The van der Waals surface area contributed by atoms with Crippen LogP contribution in [0, 0.1) is 0 Å². The van der Waals surface area contributed by atoms with Crippen molar-refractivity contribution in [3.8, 4) is 0 Å². The fourth-order valence-corrected chi connectivity index (χ4v) is 1.79. The molecule has 1 aliphatic rings. The van der Waals surface area contributed by atoms with Gasteiger partial charge in [-0.15, -0.1) is 0 Å². The number of nitrogens with two attached hydrogens (primary N) is 1. The van der Waals surface area contributed by atoms with E-state index in [1.807, 2.05) is 0 Å². The van der Waals surface area contributed by atoms with Crippen molar-refractivity contribution < 1.29 is 25.2 Å². The van der Waals surface area contributed by atoms with Crippen LogP contribution >= 0.6 is 0 Å². The number of hydrogen-bond donors (Lipinski definition) is 5. The van der Waals surface area contributed by atoms with Crippen LogP contribution in [0.3, 0.4) is 0 Å². The summed E-state index contributed by atoms with van der Waals surface area (Å²) in [6, 6.07) is 1.22. The Morgan fingerprint density at radius 2 is 2.22 bits per heavy atom. The standard InChI is InChI=1S/C9H13N3O6/c10-5-1-2-12(8(16)11-5)9(17)7(15)6(14)4(3-13)18-9/h1-2,4,6-7,13-15,17H,3H2,(H2,10,11,16)/t4-,6-,7+,9+/m1/s1. The van der Waals surface area contributed by atoms with E-state index in [9.17, 15) is 20.1 Å². The van der Waals surface area contributed by atoms with Crippen LogP contribution in [0.5, 0.6) is 0 Å². The number of anilines is 1. The van der Waals surface area contributed by atoms with Crippen molar-refractivity contribution in [3.05, 3.63) is 22.7 Å². The zero-order valence-electron chi connectivity index (χ0n) is 9.17. The molecule has 2 heterocycles. The van der Waals surface area contributed by atoms with Gasteiger partial charge >= 0.3 is 5.69 Å². The first-order valence-electron chi connectivity index (χ1n) is 5.13. The van der Waals surface area contributed by atoms with Crippen molar-refractivity contribution in [2.75, 3.05) is 12.3 Å².